The van der Waals surface area contributed by atoms with Gasteiger partial charge in [0.05, 0.1) is 6.54 Å². The fourth-order valence-corrected chi connectivity index (χ4v) is 2.44. The van der Waals surface area contributed by atoms with Crippen molar-refractivity contribution in [3.8, 4) is 17.9 Å². The molecule has 0 bridgehead atoms. The van der Waals surface area contributed by atoms with Crippen LogP contribution in [0.5, 0.6) is 6.01 Å². The highest BCUT2D eigenvalue weighted by Gasteiger charge is 2.13. The van der Waals surface area contributed by atoms with E-state index >= 15 is 0 Å². The van der Waals surface area contributed by atoms with Crippen molar-refractivity contribution in [2.75, 3.05) is 11.9 Å². The molecule has 0 aromatic carbocycles. The lowest BCUT2D eigenvalue weighted by atomic mass is 10.5. The summed E-state index contributed by atoms with van der Waals surface area (Å²) in [5, 5.41) is 6.13. The number of hydrogen-bond acceptors (Lipinski definition) is 7. The molecular formula is C13H11ClN6OS. The van der Waals surface area contributed by atoms with Crippen LogP contribution in [-0.4, -0.2) is 31.5 Å². The van der Waals surface area contributed by atoms with Gasteiger partial charge in [0.25, 0.3) is 6.01 Å². The molecule has 0 saturated heterocycles. The smallest absolute Gasteiger partial charge is 0.296 e. The van der Waals surface area contributed by atoms with E-state index in [-0.39, 0.29) is 11.9 Å². The molecule has 3 aromatic rings. The lowest BCUT2D eigenvalue weighted by Crippen LogP contribution is -2.02. The summed E-state index contributed by atoms with van der Waals surface area (Å²) in [4.78, 5) is 19.7. The molecule has 3 rings (SSSR count). The Labute approximate surface area is 135 Å². The first-order valence-electron chi connectivity index (χ1n) is 6.34. The monoisotopic (exact) mass is 334 g/mol. The summed E-state index contributed by atoms with van der Waals surface area (Å²) in [5.41, 5.74) is 1.06. The number of H-pyrrole nitrogens is 1. The first kappa shape index (κ1) is 14.6. The van der Waals surface area contributed by atoms with Gasteiger partial charge in [-0.25, -0.2) is 4.98 Å². The molecule has 112 valence electrons. The molecule has 0 saturated carbocycles. The summed E-state index contributed by atoms with van der Waals surface area (Å²) < 4.78 is 5.39. The van der Waals surface area contributed by atoms with E-state index in [2.05, 4.69) is 42.1 Å². The van der Waals surface area contributed by atoms with Crippen molar-refractivity contribution in [2.45, 2.75) is 13.5 Å². The lowest BCUT2D eigenvalue weighted by Gasteiger charge is -2.03. The second-order valence-corrected chi connectivity index (χ2v) is 5.39. The van der Waals surface area contributed by atoms with E-state index in [1.54, 1.807) is 24.5 Å². The predicted molar refractivity (Wildman–Crippen MR) is 85.1 cm³/mol. The number of aromatic amines is 1. The van der Waals surface area contributed by atoms with Gasteiger partial charge in [-0.05, 0) is 18.5 Å². The minimum atomic E-state index is 0.123. The predicted octanol–water partition coefficient (Wildman–Crippen LogP) is 2.48. The Morgan fingerprint density at radius 3 is 3.09 bits per heavy atom. The molecule has 0 atom stereocenters. The molecule has 0 amide bonds. The molecule has 0 aliphatic carbocycles. The van der Waals surface area contributed by atoms with Crippen LogP contribution in [0, 0.1) is 11.8 Å². The largest absolute Gasteiger partial charge is 0.452 e. The van der Waals surface area contributed by atoms with E-state index in [1.165, 1.54) is 0 Å². The molecule has 0 radical (unpaired) electrons. The fraction of sp³-hybridized carbons (Fsp3) is 0.231. The third kappa shape index (κ3) is 3.27. The summed E-state index contributed by atoms with van der Waals surface area (Å²) >= 11 is 7.49. The number of ether oxygens (including phenoxy) is 1. The number of hydrogen-bond donors (Lipinski definition) is 2. The van der Waals surface area contributed by atoms with Gasteiger partial charge < -0.3 is 10.1 Å². The number of thiazole rings is 1. The van der Waals surface area contributed by atoms with Gasteiger partial charge in [-0.15, -0.1) is 17.3 Å². The van der Waals surface area contributed by atoms with Crippen LogP contribution >= 0.6 is 22.9 Å². The molecule has 0 unspecified atom stereocenters. The maximum absolute atomic E-state index is 5.93. The van der Waals surface area contributed by atoms with Crippen molar-refractivity contribution >= 4 is 39.9 Å². The number of aromatic nitrogens is 5. The van der Waals surface area contributed by atoms with Crippen molar-refractivity contribution in [3.05, 3.63) is 21.9 Å². The fourth-order valence-electron chi connectivity index (χ4n) is 1.72. The van der Waals surface area contributed by atoms with Crippen molar-refractivity contribution < 1.29 is 4.74 Å². The molecule has 22 heavy (non-hydrogen) atoms. The highest BCUT2D eigenvalue weighted by atomic mass is 35.5. The van der Waals surface area contributed by atoms with Crippen LogP contribution in [0.2, 0.25) is 5.28 Å². The third-order valence-corrected chi connectivity index (χ3v) is 3.59. The molecule has 0 spiro atoms. The summed E-state index contributed by atoms with van der Waals surface area (Å²) in [7, 11) is 0. The van der Waals surface area contributed by atoms with Crippen LogP contribution in [0.3, 0.4) is 0 Å². The highest BCUT2D eigenvalue weighted by Crippen LogP contribution is 2.23. The first-order valence-corrected chi connectivity index (χ1v) is 7.60. The number of nitrogens with one attached hydrogen (secondary N) is 2. The number of halogens is 1. The van der Waals surface area contributed by atoms with Crippen molar-refractivity contribution in [1.82, 2.24) is 24.9 Å². The standard InChI is InChI=1S/C13H11ClN6OS/c1-2-3-5-21-13-17-9-10(16-7-8-15-4-6-22-8)18-12(14)19-11(9)20-13/h4,6H,5,7H2,1H3,(H2,16,17,18,19,20). The minimum Gasteiger partial charge on any atom is -0.452 e. The quantitative estimate of drug-likeness (QED) is 0.550. The van der Waals surface area contributed by atoms with Crippen LogP contribution in [0.15, 0.2) is 11.6 Å². The summed E-state index contributed by atoms with van der Waals surface area (Å²) in [6, 6.07) is 0.326. The van der Waals surface area contributed by atoms with Gasteiger partial charge in [-0.1, -0.05) is 5.92 Å². The molecule has 2 N–H and O–H groups in total. The minimum absolute atomic E-state index is 0.123. The van der Waals surface area contributed by atoms with E-state index in [0.29, 0.717) is 29.5 Å². The molecule has 0 aliphatic heterocycles. The summed E-state index contributed by atoms with van der Waals surface area (Å²) in [5.74, 6) is 6.06. The molecule has 7 nitrogen and oxygen atoms in total. The Bertz CT molecular complexity index is 835. The van der Waals surface area contributed by atoms with Gasteiger partial charge in [0.15, 0.2) is 23.6 Å². The summed E-state index contributed by atoms with van der Waals surface area (Å²) in [6.07, 6.45) is 1.75. The maximum Gasteiger partial charge on any atom is 0.296 e. The highest BCUT2D eigenvalue weighted by molar-refractivity contribution is 7.09. The number of nitrogens with zero attached hydrogens (tertiary/aromatic N) is 4. The lowest BCUT2D eigenvalue weighted by molar-refractivity contribution is 0.344. The Morgan fingerprint density at radius 1 is 1.41 bits per heavy atom. The zero-order valence-corrected chi connectivity index (χ0v) is 13.1. The maximum atomic E-state index is 5.93. The third-order valence-electron chi connectivity index (χ3n) is 2.64. The van der Waals surface area contributed by atoms with Crippen LogP contribution in [0.4, 0.5) is 5.82 Å². The molecule has 9 heteroatoms. The van der Waals surface area contributed by atoms with Gasteiger partial charge in [0.1, 0.15) is 5.01 Å². The zero-order chi connectivity index (χ0) is 15.4. The van der Waals surface area contributed by atoms with E-state index in [1.807, 2.05) is 5.38 Å². The molecule has 3 heterocycles. The number of anilines is 1. The molecule has 0 aliphatic rings. The average Bonchev–Trinajstić information content (AvgIpc) is 3.14. The van der Waals surface area contributed by atoms with Crippen LogP contribution in [0.25, 0.3) is 11.2 Å². The second-order valence-electron chi connectivity index (χ2n) is 4.08. The Kier molecular flexibility index (Phi) is 4.37. The van der Waals surface area contributed by atoms with Crippen molar-refractivity contribution in [2.24, 2.45) is 0 Å². The van der Waals surface area contributed by atoms with Crippen LogP contribution in [-0.2, 0) is 6.54 Å². The number of rotatable bonds is 5. The second kappa shape index (κ2) is 6.60. The van der Waals surface area contributed by atoms with E-state index < -0.39 is 0 Å². The van der Waals surface area contributed by atoms with Crippen molar-refractivity contribution in [3.63, 3.8) is 0 Å². The average molecular weight is 335 g/mol. The normalized spacial score (nSPS) is 10.3. The topological polar surface area (TPSA) is 88.6 Å². The van der Waals surface area contributed by atoms with Gasteiger partial charge >= 0.3 is 0 Å². The van der Waals surface area contributed by atoms with E-state index in [4.69, 9.17) is 16.3 Å². The molecule has 3 aromatic heterocycles. The van der Waals surface area contributed by atoms with Crippen LogP contribution in [0.1, 0.15) is 11.9 Å². The Morgan fingerprint density at radius 2 is 2.32 bits per heavy atom. The number of imidazole rings is 1. The molecular weight excluding hydrogens is 324 g/mol. The van der Waals surface area contributed by atoms with Gasteiger partial charge in [-0.2, -0.15) is 15.0 Å². The van der Waals surface area contributed by atoms with E-state index in [0.717, 1.165) is 5.01 Å². The zero-order valence-electron chi connectivity index (χ0n) is 11.6. The number of fused-ring (bicyclic) bond motifs is 1. The summed E-state index contributed by atoms with van der Waals surface area (Å²) in [6.45, 7) is 2.53. The van der Waals surface area contributed by atoms with Gasteiger partial charge in [0.2, 0.25) is 5.28 Å². The van der Waals surface area contributed by atoms with E-state index in [9.17, 15) is 0 Å². The van der Waals surface area contributed by atoms with Crippen molar-refractivity contribution in [1.29, 1.82) is 0 Å². The van der Waals surface area contributed by atoms with Gasteiger partial charge in [0, 0.05) is 11.6 Å². The van der Waals surface area contributed by atoms with Crippen LogP contribution < -0.4 is 10.1 Å². The Balaban J connectivity index is 1.85. The first-order chi connectivity index (χ1) is 10.8. The molecule has 0 fully saturated rings. The Hall–Kier alpha value is -2.37. The van der Waals surface area contributed by atoms with Gasteiger partial charge in [-0.3, -0.25) is 4.98 Å². The SMILES string of the molecule is CC#CCOc1nc2c(NCc3nccs3)nc(Cl)nc2[nH]1.